The minimum absolute atomic E-state index is 0.00857. The summed E-state index contributed by atoms with van der Waals surface area (Å²) in [6.07, 6.45) is 0. The van der Waals surface area contributed by atoms with Gasteiger partial charge in [-0.1, -0.05) is 18.2 Å². The first-order valence-corrected chi connectivity index (χ1v) is 9.68. The number of amides is 1. The summed E-state index contributed by atoms with van der Waals surface area (Å²) in [6.45, 7) is 4.18. The zero-order valence-corrected chi connectivity index (χ0v) is 17.3. The number of anilines is 1. The van der Waals surface area contributed by atoms with Crippen LogP contribution in [0.3, 0.4) is 0 Å². The molecule has 5 heteroatoms. The minimum Gasteiger partial charge on any atom is -0.497 e. The Morgan fingerprint density at radius 1 is 1.00 bits per heavy atom. The topological polar surface area (TPSA) is 59.8 Å². The first kappa shape index (κ1) is 20.6. The van der Waals surface area contributed by atoms with Crippen molar-refractivity contribution in [2.75, 3.05) is 19.5 Å². The van der Waals surface area contributed by atoms with Gasteiger partial charge >= 0.3 is 0 Å². The number of ketones is 1. The lowest BCUT2D eigenvalue weighted by Gasteiger charge is -2.21. The first-order chi connectivity index (χ1) is 13.9. The van der Waals surface area contributed by atoms with E-state index in [9.17, 15) is 9.59 Å². The molecule has 0 saturated heterocycles. The predicted octanol–water partition coefficient (Wildman–Crippen LogP) is 3.09. The molecule has 0 aliphatic rings. The van der Waals surface area contributed by atoms with Crippen LogP contribution in [0.25, 0.3) is 10.8 Å². The van der Waals surface area contributed by atoms with E-state index in [4.69, 9.17) is 4.74 Å². The summed E-state index contributed by atoms with van der Waals surface area (Å²) in [5.74, 6) is 0.799. The largest absolute Gasteiger partial charge is 0.497 e. The number of fused-ring (bicyclic) bond motifs is 1. The van der Waals surface area contributed by atoms with Crippen LogP contribution in [0.2, 0.25) is 0 Å². The molecule has 0 heterocycles. The van der Waals surface area contributed by atoms with Crippen molar-refractivity contribution < 1.29 is 19.2 Å². The maximum atomic E-state index is 12.6. The van der Waals surface area contributed by atoms with Crippen LogP contribution in [0.15, 0.2) is 60.7 Å². The molecule has 5 nitrogen and oxygen atoms in total. The number of Topliss-reactive ketones (excluding diaryl/α,β-unsaturated/α-hetero) is 1. The molecule has 0 aliphatic heterocycles. The molecule has 0 radical (unpaired) electrons. The average molecular weight is 391 g/mol. The highest BCUT2D eigenvalue weighted by atomic mass is 16.5. The summed E-state index contributed by atoms with van der Waals surface area (Å²) in [7, 11) is 3.68. The van der Waals surface area contributed by atoms with Crippen LogP contribution in [0.1, 0.15) is 29.8 Å². The van der Waals surface area contributed by atoms with Gasteiger partial charge in [-0.15, -0.1) is 0 Å². The number of carbonyl (C=O) groups excluding carboxylic acids is 2. The van der Waals surface area contributed by atoms with Crippen molar-refractivity contribution in [1.29, 1.82) is 0 Å². The quantitative estimate of drug-likeness (QED) is 0.609. The average Bonchev–Trinajstić information content (AvgIpc) is 2.73. The highest BCUT2D eigenvalue weighted by Gasteiger charge is 2.22. The molecule has 0 spiro atoms. The van der Waals surface area contributed by atoms with Crippen LogP contribution < -0.4 is 15.0 Å². The Labute approximate surface area is 171 Å². The van der Waals surface area contributed by atoms with Crippen molar-refractivity contribution >= 4 is 28.2 Å². The molecule has 2 N–H and O–H groups in total. The molecule has 0 fully saturated rings. The van der Waals surface area contributed by atoms with Crippen LogP contribution in [-0.4, -0.2) is 31.9 Å². The van der Waals surface area contributed by atoms with Gasteiger partial charge in [0.25, 0.3) is 5.91 Å². The van der Waals surface area contributed by atoms with E-state index in [0.29, 0.717) is 11.3 Å². The summed E-state index contributed by atoms with van der Waals surface area (Å²) in [6, 6.07) is 19.1. The molecule has 2 atom stereocenters. The molecule has 1 unspecified atom stereocenters. The van der Waals surface area contributed by atoms with Gasteiger partial charge in [0.05, 0.1) is 14.2 Å². The van der Waals surface area contributed by atoms with E-state index in [1.54, 1.807) is 31.4 Å². The Bertz CT molecular complexity index is 1030. The fourth-order valence-corrected chi connectivity index (χ4v) is 3.25. The Kier molecular flexibility index (Phi) is 6.29. The number of nitrogens with one attached hydrogen (secondary N) is 2. The maximum Gasteiger partial charge on any atom is 0.282 e. The molecule has 0 saturated carbocycles. The monoisotopic (exact) mass is 391 g/mol. The number of likely N-dealkylation sites (N-methyl/N-ethyl adjacent to an activating group) is 1. The lowest BCUT2D eigenvalue weighted by atomic mass is 10.1. The molecular formula is C24H27N2O3+. The molecule has 0 aromatic heterocycles. The lowest BCUT2D eigenvalue weighted by Crippen LogP contribution is -3.12. The molecule has 0 bridgehead atoms. The van der Waals surface area contributed by atoms with Gasteiger partial charge < -0.3 is 15.0 Å². The lowest BCUT2D eigenvalue weighted by molar-refractivity contribution is -0.907. The summed E-state index contributed by atoms with van der Waals surface area (Å²) < 4.78 is 5.28. The molecule has 29 heavy (non-hydrogen) atoms. The van der Waals surface area contributed by atoms with Gasteiger partial charge in [-0.3, -0.25) is 9.59 Å². The molecule has 0 aliphatic carbocycles. The number of hydrogen-bond donors (Lipinski definition) is 2. The number of methoxy groups -OCH3 is 1. The van der Waals surface area contributed by atoms with Crippen LogP contribution in [-0.2, 0) is 11.3 Å². The van der Waals surface area contributed by atoms with Crippen molar-refractivity contribution in [3.05, 3.63) is 71.8 Å². The second-order valence-corrected chi connectivity index (χ2v) is 7.42. The van der Waals surface area contributed by atoms with Crippen LogP contribution >= 0.6 is 0 Å². The third-order valence-corrected chi connectivity index (χ3v) is 5.29. The second kappa shape index (κ2) is 8.88. The summed E-state index contributed by atoms with van der Waals surface area (Å²) in [5.41, 5.74) is 2.50. The SMILES string of the molecule is COc1ccc2cc(C[NH+](C)[C@@H](C)C(=O)Nc3ccc(C(C)=O)cc3)ccc2c1. The number of rotatable bonds is 7. The Morgan fingerprint density at radius 2 is 1.66 bits per heavy atom. The van der Waals surface area contributed by atoms with Gasteiger partial charge in [0.15, 0.2) is 11.8 Å². The number of hydrogen-bond acceptors (Lipinski definition) is 3. The highest BCUT2D eigenvalue weighted by Crippen LogP contribution is 2.21. The van der Waals surface area contributed by atoms with Crippen molar-refractivity contribution in [3.63, 3.8) is 0 Å². The molecule has 1 amide bonds. The fraction of sp³-hybridized carbons (Fsp3) is 0.250. The minimum atomic E-state index is -0.228. The van der Waals surface area contributed by atoms with Gasteiger partial charge in [-0.25, -0.2) is 0 Å². The van der Waals surface area contributed by atoms with Crippen molar-refractivity contribution in [3.8, 4) is 5.75 Å². The summed E-state index contributed by atoms with van der Waals surface area (Å²) in [4.78, 5) is 25.1. The summed E-state index contributed by atoms with van der Waals surface area (Å²) >= 11 is 0. The van der Waals surface area contributed by atoms with E-state index in [1.165, 1.54) is 12.5 Å². The number of ether oxygens (including phenoxy) is 1. The smallest absolute Gasteiger partial charge is 0.282 e. The van der Waals surface area contributed by atoms with E-state index >= 15 is 0 Å². The Hall–Kier alpha value is -3.18. The molecule has 150 valence electrons. The fourth-order valence-electron chi connectivity index (χ4n) is 3.25. The van der Waals surface area contributed by atoms with Gasteiger partial charge in [-0.05, 0) is 67.1 Å². The number of carbonyl (C=O) groups is 2. The Morgan fingerprint density at radius 3 is 2.31 bits per heavy atom. The van der Waals surface area contributed by atoms with E-state index in [-0.39, 0.29) is 17.7 Å². The standard InChI is InChI=1S/C24H26N2O3/c1-16(24(28)25-22-10-7-19(8-11-22)17(2)27)26(3)15-18-5-6-21-14-23(29-4)12-9-20(21)13-18/h5-14,16H,15H2,1-4H3,(H,25,28)/p+1/t16-/m0/s1. The molecule has 3 aromatic rings. The summed E-state index contributed by atoms with van der Waals surface area (Å²) in [5, 5.41) is 5.21. The van der Waals surface area contributed by atoms with Crippen LogP contribution in [0, 0.1) is 0 Å². The van der Waals surface area contributed by atoms with Crippen molar-refractivity contribution in [2.45, 2.75) is 26.4 Å². The van der Waals surface area contributed by atoms with E-state index in [1.807, 2.05) is 32.2 Å². The third-order valence-electron chi connectivity index (χ3n) is 5.29. The Balaban J connectivity index is 1.64. The second-order valence-electron chi connectivity index (χ2n) is 7.42. The van der Waals surface area contributed by atoms with Crippen molar-refractivity contribution in [2.24, 2.45) is 0 Å². The first-order valence-electron chi connectivity index (χ1n) is 9.68. The maximum absolute atomic E-state index is 12.6. The normalized spacial score (nSPS) is 13.0. The third kappa shape index (κ3) is 5.00. The van der Waals surface area contributed by atoms with E-state index in [2.05, 4.69) is 23.5 Å². The predicted molar refractivity (Wildman–Crippen MR) is 116 cm³/mol. The zero-order valence-electron chi connectivity index (χ0n) is 17.3. The number of benzene rings is 3. The van der Waals surface area contributed by atoms with Gasteiger partial charge in [0.1, 0.15) is 12.3 Å². The van der Waals surface area contributed by atoms with Gasteiger partial charge in [0, 0.05) is 16.8 Å². The van der Waals surface area contributed by atoms with Gasteiger partial charge in [-0.2, -0.15) is 0 Å². The number of quaternary nitrogens is 1. The van der Waals surface area contributed by atoms with E-state index in [0.717, 1.165) is 28.0 Å². The molecule has 3 aromatic carbocycles. The molecule has 3 rings (SSSR count). The van der Waals surface area contributed by atoms with Crippen LogP contribution in [0.5, 0.6) is 5.75 Å². The molecular weight excluding hydrogens is 364 g/mol. The highest BCUT2D eigenvalue weighted by molar-refractivity contribution is 5.96. The zero-order chi connectivity index (χ0) is 21.0. The van der Waals surface area contributed by atoms with Crippen molar-refractivity contribution in [1.82, 2.24) is 0 Å². The van der Waals surface area contributed by atoms with Crippen LogP contribution in [0.4, 0.5) is 5.69 Å². The van der Waals surface area contributed by atoms with Gasteiger partial charge in [0.2, 0.25) is 0 Å². The van der Waals surface area contributed by atoms with E-state index < -0.39 is 0 Å².